The quantitative estimate of drug-likeness (QED) is 0.431. The molecule has 10 heteroatoms. The summed E-state index contributed by atoms with van der Waals surface area (Å²) in [4.78, 5) is 38.8. The number of carboxylic acids is 1. The molecule has 37 heavy (non-hydrogen) atoms. The van der Waals surface area contributed by atoms with E-state index in [0.717, 1.165) is 22.4 Å². The lowest BCUT2D eigenvalue weighted by Crippen LogP contribution is -2.42. The fourth-order valence-corrected chi connectivity index (χ4v) is 4.72. The van der Waals surface area contributed by atoms with Gasteiger partial charge in [0.2, 0.25) is 5.91 Å². The second-order valence-corrected chi connectivity index (χ2v) is 9.61. The molecule has 0 aliphatic carbocycles. The molecule has 192 valence electrons. The molecule has 1 atom stereocenters. The molecule has 2 amide bonds. The van der Waals surface area contributed by atoms with E-state index in [1.807, 2.05) is 37.3 Å². The lowest BCUT2D eigenvalue weighted by Gasteiger charge is -2.26. The van der Waals surface area contributed by atoms with E-state index in [1.54, 1.807) is 17.0 Å². The summed E-state index contributed by atoms with van der Waals surface area (Å²) in [7, 11) is 0. The van der Waals surface area contributed by atoms with E-state index in [4.69, 9.17) is 27.7 Å². The molecule has 2 aromatic carbocycles. The minimum absolute atomic E-state index is 0.0124. The lowest BCUT2D eigenvalue weighted by molar-refractivity contribution is -0.139. The average molecular weight is 542 g/mol. The van der Waals surface area contributed by atoms with Crippen molar-refractivity contribution in [3.8, 4) is 0 Å². The van der Waals surface area contributed by atoms with Crippen molar-refractivity contribution < 1.29 is 24.0 Å². The van der Waals surface area contributed by atoms with Crippen LogP contribution in [-0.2, 0) is 22.4 Å². The van der Waals surface area contributed by atoms with Crippen molar-refractivity contribution in [3.63, 3.8) is 0 Å². The van der Waals surface area contributed by atoms with Gasteiger partial charge in [0.1, 0.15) is 11.8 Å². The maximum Gasteiger partial charge on any atom is 0.326 e. The number of nitrogens with one attached hydrogen (secondary N) is 1. The van der Waals surface area contributed by atoms with Gasteiger partial charge in [0.25, 0.3) is 5.91 Å². The van der Waals surface area contributed by atoms with Crippen LogP contribution in [0.15, 0.2) is 59.1 Å². The molecule has 2 heterocycles. The van der Waals surface area contributed by atoms with Crippen LogP contribution in [0.2, 0.25) is 10.0 Å². The number of aliphatic carboxylic acids is 1. The number of amides is 2. The second-order valence-electron chi connectivity index (χ2n) is 8.79. The summed E-state index contributed by atoms with van der Waals surface area (Å²) in [5, 5.41) is 16.3. The SMILES string of the molecule is Cc1cc(CC(=O)N2CC=C(c3ccc(C[C@H](NC(=O)c4c(Cl)cccc4Cl)C(=O)O)cc3)CC2)on1. The standard InChI is InChI=1S/C27H25Cl2N3O5/c1-16-13-20(37-31-16)15-24(33)32-11-9-19(10-12-32)18-7-5-17(6-8-18)14-23(27(35)36)30-26(34)25-21(28)3-2-4-22(25)29/h2-9,13,23H,10-12,14-15H2,1H3,(H,30,34)(H,35,36)/t23-/m0/s1. The number of hydrogen-bond acceptors (Lipinski definition) is 5. The third kappa shape index (κ3) is 6.58. The van der Waals surface area contributed by atoms with E-state index in [9.17, 15) is 19.5 Å². The molecule has 1 aromatic heterocycles. The number of aryl methyl sites for hydroxylation is 1. The topological polar surface area (TPSA) is 113 Å². The van der Waals surface area contributed by atoms with E-state index in [-0.39, 0.29) is 34.4 Å². The molecule has 0 radical (unpaired) electrons. The Morgan fingerprint density at radius 1 is 1.14 bits per heavy atom. The van der Waals surface area contributed by atoms with Crippen LogP contribution in [0.25, 0.3) is 5.57 Å². The third-order valence-electron chi connectivity index (χ3n) is 6.12. The Morgan fingerprint density at radius 3 is 2.41 bits per heavy atom. The minimum Gasteiger partial charge on any atom is -0.480 e. The van der Waals surface area contributed by atoms with Gasteiger partial charge in [-0.1, -0.05) is 64.8 Å². The fraction of sp³-hybridized carbons (Fsp3) is 0.259. The monoisotopic (exact) mass is 541 g/mol. The molecule has 0 saturated heterocycles. The Labute approximate surface area is 223 Å². The molecule has 4 rings (SSSR count). The summed E-state index contributed by atoms with van der Waals surface area (Å²) in [6.45, 7) is 2.91. The minimum atomic E-state index is -1.17. The Balaban J connectivity index is 1.36. The van der Waals surface area contributed by atoms with Gasteiger partial charge in [0.15, 0.2) is 0 Å². The van der Waals surface area contributed by atoms with Crippen LogP contribution in [0.5, 0.6) is 0 Å². The number of benzene rings is 2. The van der Waals surface area contributed by atoms with Crippen LogP contribution < -0.4 is 5.32 Å². The second kappa shape index (κ2) is 11.6. The number of aromatic nitrogens is 1. The van der Waals surface area contributed by atoms with Crippen molar-refractivity contribution in [2.24, 2.45) is 0 Å². The van der Waals surface area contributed by atoms with Gasteiger partial charge in [-0.05, 0) is 42.2 Å². The molecular weight excluding hydrogens is 517 g/mol. The summed E-state index contributed by atoms with van der Waals surface area (Å²) >= 11 is 12.2. The molecule has 0 spiro atoms. The van der Waals surface area contributed by atoms with E-state index in [1.165, 1.54) is 12.1 Å². The number of rotatable bonds is 8. The highest BCUT2D eigenvalue weighted by atomic mass is 35.5. The number of carbonyl (C=O) groups excluding carboxylic acids is 2. The first kappa shape index (κ1) is 26.4. The zero-order valence-electron chi connectivity index (χ0n) is 20.0. The summed E-state index contributed by atoms with van der Waals surface area (Å²) in [6, 6.07) is 12.8. The average Bonchev–Trinajstić information content (AvgIpc) is 3.28. The van der Waals surface area contributed by atoms with Crippen molar-refractivity contribution in [1.29, 1.82) is 0 Å². The van der Waals surface area contributed by atoms with Gasteiger partial charge in [0, 0.05) is 25.6 Å². The van der Waals surface area contributed by atoms with E-state index in [0.29, 0.717) is 25.3 Å². The molecular formula is C27H25Cl2N3O5. The van der Waals surface area contributed by atoms with Gasteiger partial charge in [0.05, 0.1) is 27.7 Å². The van der Waals surface area contributed by atoms with Crippen molar-refractivity contribution in [2.75, 3.05) is 13.1 Å². The zero-order chi connectivity index (χ0) is 26.5. The molecule has 0 saturated carbocycles. The van der Waals surface area contributed by atoms with Crippen LogP contribution in [0.4, 0.5) is 0 Å². The van der Waals surface area contributed by atoms with Crippen molar-refractivity contribution in [2.45, 2.75) is 32.2 Å². The number of hydrogen-bond donors (Lipinski definition) is 2. The molecule has 8 nitrogen and oxygen atoms in total. The first-order chi connectivity index (χ1) is 17.7. The largest absolute Gasteiger partial charge is 0.480 e. The fourth-order valence-electron chi connectivity index (χ4n) is 4.15. The molecule has 0 fully saturated rings. The molecule has 2 N–H and O–H groups in total. The zero-order valence-corrected chi connectivity index (χ0v) is 21.6. The van der Waals surface area contributed by atoms with Gasteiger partial charge < -0.3 is 19.8 Å². The highest BCUT2D eigenvalue weighted by Crippen LogP contribution is 2.25. The van der Waals surface area contributed by atoms with Crippen molar-refractivity contribution in [3.05, 3.63) is 92.8 Å². The van der Waals surface area contributed by atoms with E-state index in [2.05, 4.69) is 10.5 Å². The molecule has 3 aromatic rings. The normalized spacial score (nSPS) is 14.1. The predicted molar refractivity (Wildman–Crippen MR) is 140 cm³/mol. The van der Waals surface area contributed by atoms with Crippen LogP contribution in [0.1, 0.15) is 39.4 Å². The molecule has 0 unspecified atom stereocenters. The van der Waals surface area contributed by atoms with Crippen molar-refractivity contribution >= 4 is 46.6 Å². The highest BCUT2D eigenvalue weighted by molar-refractivity contribution is 6.39. The van der Waals surface area contributed by atoms with Gasteiger partial charge >= 0.3 is 5.97 Å². The summed E-state index contributed by atoms with van der Waals surface area (Å²) in [5.41, 5.74) is 3.65. The Hall–Kier alpha value is -3.62. The van der Waals surface area contributed by atoms with Crippen LogP contribution >= 0.6 is 23.2 Å². The van der Waals surface area contributed by atoms with E-state index < -0.39 is 17.9 Å². The van der Waals surface area contributed by atoms with Crippen LogP contribution in [-0.4, -0.2) is 52.1 Å². The van der Waals surface area contributed by atoms with Gasteiger partial charge in [-0.2, -0.15) is 0 Å². The predicted octanol–water partition coefficient (Wildman–Crippen LogP) is 4.57. The molecule has 1 aliphatic rings. The number of halogens is 2. The van der Waals surface area contributed by atoms with E-state index >= 15 is 0 Å². The smallest absolute Gasteiger partial charge is 0.326 e. The maximum absolute atomic E-state index is 12.6. The summed E-state index contributed by atoms with van der Waals surface area (Å²) in [6.07, 6.45) is 3.00. The summed E-state index contributed by atoms with van der Waals surface area (Å²) < 4.78 is 5.14. The van der Waals surface area contributed by atoms with Crippen LogP contribution in [0, 0.1) is 6.92 Å². The van der Waals surface area contributed by atoms with Gasteiger partial charge in [-0.3, -0.25) is 9.59 Å². The Kier molecular flexibility index (Phi) is 8.31. The first-order valence-corrected chi connectivity index (χ1v) is 12.4. The number of carbonyl (C=O) groups is 3. The summed E-state index contributed by atoms with van der Waals surface area (Å²) in [5.74, 6) is -1.27. The van der Waals surface area contributed by atoms with Gasteiger partial charge in [-0.15, -0.1) is 0 Å². The Morgan fingerprint density at radius 2 is 1.84 bits per heavy atom. The molecule has 1 aliphatic heterocycles. The van der Waals surface area contributed by atoms with Crippen LogP contribution in [0.3, 0.4) is 0 Å². The first-order valence-electron chi connectivity index (χ1n) is 11.7. The number of carboxylic acid groups (broad SMARTS) is 1. The van der Waals surface area contributed by atoms with Crippen molar-refractivity contribution in [1.82, 2.24) is 15.4 Å². The highest BCUT2D eigenvalue weighted by Gasteiger charge is 2.24. The number of nitrogens with zero attached hydrogens (tertiary/aromatic N) is 2. The third-order valence-corrected chi connectivity index (χ3v) is 6.75. The maximum atomic E-state index is 12.6. The Bertz CT molecular complexity index is 1330. The lowest BCUT2D eigenvalue weighted by atomic mass is 9.96. The van der Waals surface area contributed by atoms with Gasteiger partial charge in [-0.25, -0.2) is 4.79 Å². The molecule has 0 bridgehead atoms.